The second-order valence-electron chi connectivity index (χ2n) is 3.46. The minimum Gasteiger partial charge on any atom is -0.380 e. The third-order valence-electron chi connectivity index (χ3n) is 2.33. The minimum absolute atomic E-state index is 0.611. The van der Waals surface area contributed by atoms with Crippen LogP contribution in [0.25, 0.3) is 0 Å². The monoisotopic (exact) mass is 240 g/mol. The van der Waals surface area contributed by atoms with E-state index in [2.05, 4.69) is 51.7 Å². The summed E-state index contributed by atoms with van der Waals surface area (Å²) in [6.45, 7) is 4.28. The number of benzene rings is 1. The van der Waals surface area contributed by atoms with E-state index >= 15 is 0 Å². The number of nitrogens with one attached hydrogen (secondary N) is 2. The van der Waals surface area contributed by atoms with Crippen molar-refractivity contribution in [1.29, 1.82) is 0 Å². The van der Waals surface area contributed by atoms with E-state index in [0.29, 0.717) is 6.04 Å². The summed E-state index contributed by atoms with van der Waals surface area (Å²) in [5.41, 5.74) is 2.54. The van der Waals surface area contributed by atoms with Gasteiger partial charge in [0.15, 0.2) is 0 Å². The van der Waals surface area contributed by atoms with Crippen LogP contribution >= 0.6 is 15.9 Å². The average molecular weight is 241 g/mol. The van der Waals surface area contributed by atoms with Gasteiger partial charge >= 0.3 is 0 Å². The third kappa shape index (κ3) is 2.03. The molecule has 1 aliphatic rings. The van der Waals surface area contributed by atoms with E-state index in [1.54, 1.807) is 0 Å². The molecule has 1 aromatic rings. The lowest BCUT2D eigenvalue weighted by Crippen LogP contribution is -2.51. The molecule has 1 aromatic carbocycles. The third-order valence-corrected chi connectivity index (χ3v) is 2.82. The molecule has 0 saturated carbocycles. The topological polar surface area (TPSA) is 24.1 Å². The summed E-state index contributed by atoms with van der Waals surface area (Å²) in [7, 11) is 0. The molecule has 0 aromatic heterocycles. The lowest BCUT2D eigenvalue weighted by Gasteiger charge is -2.29. The van der Waals surface area contributed by atoms with Gasteiger partial charge in [-0.1, -0.05) is 15.9 Å². The van der Waals surface area contributed by atoms with Crippen LogP contribution in [0.2, 0.25) is 0 Å². The van der Waals surface area contributed by atoms with E-state index in [9.17, 15) is 0 Å². The number of aryl methyl sites for hydroxylation is 1. The Morgan fingerprint density at radius 2 is 2.23 bits per heavy atom. The van der Waals surface area contributed by atoms with Crippen molar-refractivity contribution in [3.8, 4) is 0 Å². The van der Waals surface area contributed by atoms with E-state index in [0.717, 1.165) is 17.6 Å². The highest BCUT2D eigenvalue weighted by Crippen LogP contribution is 2.21. The molecule has 0 unspecified atom stereocenters. The molecule has 0 radical (unpaired) electrons. The molecule has 3 heteroatoms. The van der Waals surface area contributed by atoms with Gasteiger partial charge in [-0.05, 0) is 30.7 Å². The molecular formula is C10H13BrN2. The van der Waals surface area contributed by atoms with Gasteiger partial charge in [-0.2, -0.15) is 0 Å². The first-order valence-corrected chi connectivity index (χ1v) is 5.28. The van der Waals surface area contributed by atoms with Crippen LogP contribution in [0.3, 0.4) is 0 Å². The Hall–Kier alpha value is -0.540. The van der Waals surface area contributed by atoms with Gasteiger partial charge in [0.25, 0.3) is 0 Å². The predicted molar refractivity (Wildman–Crippen MR) is 59.2 cm³/mol. The van der Waals surface area contributed by atoms with Crippen LogP contribution in [0.5, 0.6) is 0 Å². The lowest BCUT2D eigenvalue weighted by atomic mass is 10.1. The summed E-state index contributed by atoms with van der Waals surface area (Å²) in [5, 5.41) is 6.73. The van der Waals surface area contributed by atoms with E-state index in [4.69, 9.17) is 0 Å². The van der Waals surface area contributed by atoms with Gasteiger partial charge in [0.1, 0.15) is 0 Å². The quantitative estimate of drug-likeness (QED) is 0.828. The first kappa shape index (κ1) is 9.03. The van der Waals surface area contributed by atoms with Crippen molar-refractivity contribution in [1.82, 2.24) is 5.32 Å². The summed E-state index contributed by atoms with van der Waals surface area (Å²) in [4.78, 5) is 0. The smallest absolute Gasteiger partial charge is 0.0510 e. The number of anilines is 1. The van der Waals surface area contributed by atoms with Crippen molar-refractivity contribution in [3.05, 3.63) is 28.2 Å². The van der Waals surface area contributed by atoms with Gasteiger partial charge in [0, 0.05) is 23.2 Å². The normalized spacial score (nSPS) is 16.8. The standard InChI is InChI=1S/C10H13BrN2/c1-7-4-8(11)2-3-10(7)13-9-5-12-6-9/h2-4,9,12-13H,5-6H2,1H3. The van der Waals surface area contributed by atoms with E-state index in [-0.39, 0.29) is 0 Å². The number of hydrogen-bond donors (Lipinski definition) is 2. The molecule has 0 amide bonds. The summed E-state index contributed by atoms with van der Waals surface area (Å²) in [6.07, 6.45) is 0. The molecule has 70 valence electrons. The van der Waals surface area contributed by atoms with E-state index < -0.39 is 0 Å². The molecular weight excluding hydrogens is 228 g/mol. The maximum atomic E-state index is 3.49. The number of hydrogen-bond acceptors (Lipinski definition) is 2. The Morgan fingerprint density at radius 3 is 2.77 bits per heavy atom. The maximum absolute atomic E-state index is 3.49. The SMILES string of the molecule is Cc1cc(Br)ccc1NC1CNC1. The van der Waals surface area contributed by atoms with Gasteiger partial charge in [-0.15, -0.1) is 0 Å². The minimum atomic E-state index is 0.611. The van der Waals surface area contributed by atoms with Crippen LogP contribution in [0.15, 0.2) is 22.7 Å². The van der Waals surface area contributed by atoms with Crippen LogP contribution < -0.4 is 10.6 Å². The molecule has 2 rings (SSSR count). The zero-order chi connectivity index (χ0) is 9.26. The maximum Gasteiger partial charge on any atom is 0.0510 e. The van der Waals surface area contributed by atoms with Crippen molar-refractivity contribution in [2.24, 2.45) is 0 Å². The Bertz CT molecular complexity index is 308. The van der Waals surface area contributed by atoms with E-state index in [1.807, 2.05) is 0 Å². The van der Waals surface area contributed by atoms with Crippen LogP contribution in [0, 0.1) is 6.92 Å². The fraction of sp³-hybridized carbons (Fsp3) is 0.400. The Balaban J connectivity index is 2.10. The van der Waals surface area contributed by atoms with Gasteiger partial charge in [0.05, 0.1) is 6.04 Å². The zero-order valence-corrected chi connectivity index (χ0v) is 9.19. The van der Waals surface area contributed by atoms with Crippen molar-refractivity contribution >= 4 is 21.6 Å². The molecule has 1 fully saturated rings. The van der Waals surface area contributed by atoms with Crippen LogP contribution in [0.1, 0.15) is 5.56 Å². The van der Waals surface area contributed by atoms with Crippen molar-refractivity contribution in [3.63, 3.8) is 0 Å². The Labute approximate surface area is 86.9 Å². The van der Waals surface area contributed by atoms with Crippen molar-refractivity contribution < 1.29 is 0 Å². The molecule has 0 spiro atoms. The molecule has 1 saturated heterocycles. The summed E-state index contributed by atoms with van der Waals surface area (Å²) < 4.78 is 1.14. The lowest BCUT2D eigenvalue weighted by molar-refractivity contribution is 0.472. The molecule has 0 bridgehead atoms. The largest absolute Gasteiger partial charge is 0.380 e. The Kier molecular flexibility index (Phi) is 2.56. The molecule has 1 aliphatic heterocycles. The number of halogens is 1. The van der Waals surface area contributed by atoms with Crippen LogP contribution in [-0.2, 0) is 0 Å². The highest BCUT2D eigenvalue weighted by atomic mass is 79.9. The van der Waals surface area contributed by atoms with Gasteiger partial charge in [-0.3, -0.25) is 0 Å². The van der Waals surface area contributed by atoms with Crippen molar-refractivity contribution in [2.45, 2.75) is 13.0 Å². The fourth-order valence-electron chi connectivity index (χ4n) is 1.40. The van der Waals surface area contributed by atoms with Crippen molar-refractivity contribution in [2.75, 3.05) is 18.4 Å². The second-order valence-corrected chi connectivity index (χ2v) is 4.37. The Morgan fingerprint density at radius 1 is 1.46 bits per heavy atom. The van der Waals surface area contributed by atoms with Gasteiger partial charge in [0.2, 0.25) is 0 Å². The predicted octanol–water partition coefficient (Wildman–Crippen LogP) is 2.14. The van der Waals surface area contributed by atoms with Gasteiger partial charge < -0.3 is 10.6 Å². The molecule has 0 aliphatic carbocycles. The van der Waals surface area contributed by atoms with Crippen LogP contribution in [-0.4, -0.2) is 19.1 Å². The van der Waals surface area contributed by atoms with E-state index in [1.165, 1.54) is 11.3 Å². The summed E-state index contributed by atoms with van der Waals surface area (Å²) in [6, 6.07) is 6.94. The second kappa shape index (κ2) is 3.68. The van der Waals surface area contributed by atoms with Gasteiger partial charge in [-0.25, -0.2) is 0 Å². The summed E-state index contributed by atoms with van der Waals surface area (Å²) in [5.74, 6) is 0. The number of rotatable bonds is 2. The zero-order valence-electron chi connectivity index (χ0n) is 7.60. The molecule has 2 nitrogen and oxygen atoms in total. The highest BCUT2D eigenvalue weighted by Gasteiger charge is 2.16. The average Bonchev–Trinajstić information content (AvgIpc) is 1.99. The first-order chi connectivity index (χ1) is 6.25. The molecule has 0 atom stereocenters. The molecule has 13 heavy (non-hydrogen) atoms. The van der Waals surface area contributed by atoms with Crippen LogP contribution in [0.4, 0.5) is 5.69 Å². The first-order valence-electron chi connectivity index (χ1n) is 4.49. The fourth-order valence-corrected chi connectivity index (χ4v) is 1.88. The molecule has 1 heterocycles. The summed E-state index contributed by atoms with van der Waals surface area (Å²) >= 11 is 3.45. The molecule has 2 N–H and O–H groups in total. The highest BCUT2D eigenvalue weighted by molar-refractivity contribution is 9.10.